The van der Waals surface area contributed by atoms with E-state index >= 15 is 0 Å². The molecule has 1 atom stereocenters. The lowest BCUT2D eigenvalue weighted by Gasteiger charge is -2.30. The van der Waals surface area contributed by atoms with Crippen LogP contribution in [-0.4, -0.2) is 49.7 Å². The summed E-state index contributed by atoms with van der Waals surface area (Å²) in [5, 5.41) is 0.453. The van der Waals surface area contributed by atoms with E-state index in [1.54, 1.807) is 30.0 Å². The fourth-order valence-corrected chi connectivity index (χ4v) is 3.40. The van der Waals surface area contributed by atoms with Gasteiger partial charge in [0.1, 0.15) is 13.2 Å². The Morgan fingerprint density at radius 3 is 2.96 bits per heavy atom. The monoisotopic (exact) mass is 379 g/mol. The van der Waals surface area contributed by atoms with Crippen molar-refractivity contribution in [1.29, 1.82) is 0 Å². The summed E-state index contributed by atoms with van der Waals surface area (Å²) in [6, 6.07) is 3.53. The molecular formula is C19H22ClNO5. The number of hydrogen-bond donors (Lipinski definition) is 0. The van der Waals surface area contributed by atoms with Gasteiger partial charge in [-0.3, -0.25) is 9.59 Å². The Kier molecular flexibility index (Phi) is 6.04. The molecule has 2 aliphatic rings. The van der Waals surface area contributed by atoms with E-state index in [1.165, 1.54) is 6.08 Å². The third-order valence-electron chi connectivity index (χ3n) is 4.39. The van der Waals surface area contributed by atoms with Crippen molar-refractivity contribution < 1.29 is 23.8 Å². The topological polar surface area (TPSA) is 65.1 Å². The number of ether oxygens (including phenoxy) is 3. The Bertz CT molecular complexity index is 718. The van der Waals surface area contributed by atoms with E-state index in [0.29, 0.717) is 49.4 Å². The maximum absolute atomic E-state index is 12.5. The van der Waals surface area contributed by atoms with Gasteiger partial charge in [-0.25, -0.2) is 0 Å². The lowest BCUT2D eigenvalue weighted by atomic mass is 9.98. The van der Waals surface area contributed by atoms with E-state index in [2.05, 4.69) is 0 Å². The fraction of sp³-hybridized carbons (Fsp3) is 0.474. The van der Waals surface area contributed by atoms with Crippen molar-refractivity contribution in [3.63, 3.8) is 0 Å². The second-order valence-corrected chi connectivity index (χ2v) is 6.64. The summed E-state index contributed by atoms with van der Waals surface area (Å²) in [4.78, 5) is 26.1. The van der Waals surface area contributed by atoms with Gasteiger partial charge < -0.3 is 19.1 Å². The van der Waals surface area contributed by atoms with Gasteiger partial charge in [0.05, 0.1) is 17.5 Å². The number of likely N-dealkylation sites (tertiary alicyclic amines) is 1. The molecule has 1 aromatic carbocycles. The van der Waals surface area contributed by atoms with E-state index < -0.39 is 0 Å². The predicted molar refractivity (Wildman–Crippen MR) is 97.4 cm³/mol. The summed E-state index contributed by atoms with van der Waals surface area (Å²) >= 11 is 6.21. The summed E-state index contributed by atoms with van der Waals surface area (Å²) in [6.07, 6.45) is 4.73. The van der Waals surface area contributed by atoms with Crippen LogP contribution in [0.1, 0.15) is 25.3 Å². The van der Waals surface area contributed by atoms with Crippen molar-refractivity contribution >= 4 is 29.6 Å². The van der Waals surface area contributed by atoms with Crippen LogP contribution in [0.15, 0.2) is 18.2 Å². The normalized spacial score (nSPS) is 19.5. The van der Waals surface area contributed by atoms with Gasteiger partial charge >= 0.3 is 5.97 Å². The first-order valence-corrected chi connectivity index (χ1v) is 9.19. The minimum absolute atomic E-state index is 0.134. The maximum Gasteiger partial charge on any atom is 0.310 e. The van der Waals surface area contributed by atoms with Crippen LogP contribution >= 0.6 is 11.6 Å². The second kappa shape index (κ2) is 8.45. The number of carbonyl (C=O) groups excluding carboxylic acids is 2. The molecule has 2 heterocycles. The number of nitrogens with zero attached hydrogens (tertiary/aromatic N) is 1. The second-order valence-electron chi connectivity index (χ2n) is 6.24. The standard InChI is InChI=1S/C19H22ClNO5/c1-2-24-19(23)14-4-3-7-21(12-14)17(22)6-5-13-10-15(20)18-16(11-13)25-8-9-26-18/h5-6,10-11,14H,2-4,7-9,12H2,1H3/b6-5+. The molecule has 0 saturated carbocycles. The molecule has 0 aliphatic carbocycles. The van der Waals surface area contributed by atoms with Crippen molar-refractivity contribution in [2.24, 2.45) is 5.92 Å². The van der Waals surface area contributed by atoms with Gasteiger partial charge in [-0.2, -0.15) is 0 Å². The molecule has 0 bridgehead atoms. The van der Waals surface area contributed by atoms with Crippen LogP contribution < -0.4 is 9.47 Å². The molecule has 6 nitrogen and oxygen atoms in total. The minimum Gasteiger partial charge on any atom is -0.486 e. The third-order valence-corrected chi connectivity index (χ3v) is 4.67. The van der Waals surface area contributed by atoms with E-state index in [4.69, 9.17) is 25.8 Å². The molecule has 140 valence electrons. The number of rotatable bonds is 4. The highest BCUT2D eigenvalue weighted by Gasteiger charge is 2.28. The molecule has 1 fully saturated rings. The lowest BCUT2D eigenvalue weighted by Crippen LogP contribution is -2.42. The van der Waals surface area contributed by atoms with Crippen LogP contribution in [0.25, 0.3) is 6.08 Å². The van der Waals surface area contributed by atoms with Crippen LogP contribution in [0.4, 0.5) is 0 Å². The van der Waals surface area contributed by atoms with Gasteiger partial charge in [0.25, 0.3) is 0 Å². The van der Waals surface area contributed by atoms with Crippen molar-refractivity contribution in [3.05, 3.63) is 28.8 Å². The van der Waals surface area contributed by atoms with Gasteiger partial charge in [0.2, 0.25) is 5.91 Å². The first-order chi connectivity index (χ1) is 12.6. The fourth-order valence-electron chi connectivity index (χ4n) is 3.13. The van der Waals surface area contributed by atoms with Crippen LogP contribution in [-0.2, 0) is 14.3 Å². The molecule has 3 rings (SSSR count). The summed E-state index contributed by atoms with van der Waals surface area (Å²) in [5.74, 6) is 0.508. The Morgan fingerprint density at radius 1 is 1.35 bits per heavy atom. The van der Waals surface area contributed by atoms with Crippen LogP contribution in [0.2, 0.25) is 5.02 Å². The average molecular weight is 380 g/mol. The van der Waals surface area contributed by atoms with E-state index in [1.807, 2.05) is 0 Å². The van der Waals surface area contributed by atoms with Gasteiger partial charge in [0, 0.05) is 19.2 Å². The number of piperidine rings is 1. The van der Waals surface area contributed by atoms with Crippen molar-refractivity contribution in [1.82, 2.24) is 4.90 Å². The van der Waals surface area contributed by atoms with Gasteiger partial charge in [-0.1, -0.05) is 11.6 Å². The van der Waals surface area contributed by atoms with Gasteiger partial charge in [-0.05, 0) is 43.5 Å². The molecule has 0 N–H and O–H groups in total. The van der Waals surface area contributed by atoms with E-state index in [9.17, 15) is 9.59 Å². The Labute approximate surface area is 157 Å². The molecule has 1 unspecified atom stereocenters. The minimum atomic E-state index is -0.246. The summed E-state index contributed by atoms with van der Waals surface area (Å²) in [5.41, 5.74) is 0.756. The smallest absolute Gasteiger partial charge is 0.310 e. The van der Waals surface area contributed by atoms with Crippen LogP contribution in [0, 0.1) is 5.92 Å². The number of hydrogen-bond acceptors (Lipinski definition) is 5. The van der Waals surface area contributed by atoms with Gasteiger partial charge in [-0.15, -0.1) is 0 Å². The molecule has 1 saturated heterocycles. The third kappa shape index (κ3) is 4.30. The number of amides is 1. The first-order valence-electron chi connectivity index (χ1n) is 8.81. The zero-order valence-corrected chi connectivity index (χ0v) is 15.5. The Morgan fingerprint density at radius 2 is 2.15 bits per heavy atom. The summed E-state index contributed by atoms with van der Waals surface area (Å²) in [6.45, 7) is 4.11. The largest absolute Gasteiger partial charge is 0.486 e. The van der Waals surface area contributed by atoms with Crippen molar-refractivity contribution in [2.75, 3.05) is 32.9 Å². The molecule has 1 aromatic rings. The Balaban J connectivity index is 1.66. The number of halogens is 1. The number of benzene rings is 1. The molecule has 1 amide bonds. The van der Waals surface area contributed by atoms with E-state index in [-0.39, 0.29) is 17.8 Å². The van der Waals surface area contributed by atoms with Crippen molar-refractivity contribution in [3.8, 4) is 11.5 Å². The highest BCUT2D eigenvalue weighted by Crippen LogP contribution is 2.38. The van der Waals surface area contributed by atoms with Gasteiger partial charge in [0.15, 0.2) is 11.5 Å². The molecule has 0 radical (unpaired) electrons. The zero-order valence-electron chi connectivity index (χ0n) is 14.7. The quantitative estimate of drug-likeness (QED) is 0.594. The highest BCUT2D eigenvalue weighted by atomic mass is 35.5. The van der Waals surface area contributed by atoms with Crippen molar-refractivity contribution in [2.45, 2.75) is 19.8 Å². The molecule has 0 aromatic heterocycles. The number of esters is 1. The van der Waals surface area contributed by atoms with Crippen LogP contribution in [0.5, 0.6) is 11.5 Å². The highest BCUT2D eigenvalue weighted by molar-refractivity contribution is 6.32. The average Bonchev–Trinajstić information content (AvgIpc) is 2.66. The predicted octanol–water partition coefficient (Wildman–Crippen LogP) is 2.93. The molecule has 2 aliphatic heterocycles. The summed E-state index contributed by atoms with van der Waals surface area (Å²) in [7, 11) is 0. The van der Waals surface area contributed by atoms with E-state index in [0.717, 1.165) is 18.4 Å². The molecule has 26 heavy (non-hydrogen) atoms. The van der Waals surface area contributed by atoms with Crippen LogP contribution in [0.3, 0.4) is 0 Å². The molecule has 0 spiro atoms. The summed E-state index contributed by atoms with van der Waals surface area (Å²) < 4.78 is 16.1. The zero-order chi connectivity index (χ0) is 18.5. The number of fused-ring (bicyclic) bond motifs is 1. The SMILES string of the molecule is CCOC(=O)C1CCCN(C(=O)/C=C/c2cc(Cl)c3c(c2)OCCO3)C1. The lowest BCUT2D eigenvalue weighted by molar-refractivity contribution is -0.150. The first kappa shape index (κ1) is 18.6. The molecule has 7 heteroatoms. The molecular weight excluding hydrogens is 358 g/mol. The number of carbonyl (C=O) groups is 2. The maximum atomic E-state index is 12.5. The Hall–Kier alpha value is -2.21.